The largest absolute Gasteiger partial charge is 0.481 e. The van der Waals surface area contributed by atoms with Crippen LogP contribution in [0.3, 0.4) is 0 Å². The quantitative estimate of drug-likeness (QED) is 0.913. The van der Waals surface area contributed by atoms with E-state index in [1.807, 2.05) is 0 Å². The number of rotatable bonds is 2. The highest BCUT2D eigenvalue weighted by Gasteiger charge is 2.39. The van der Waals surface area contributed by atoms with Gasteiger partial charge in [0.2, 0.25) is 5.91 Å². The fraction of sp³-hybridized carbons (Fsp3) is 0.429. The number of hydrogen-bond acceptors (Lipinski definition) is 2. The summed E-state index contributed by atoms with van der Waals surface area (Å²) < 4.78 is 37.6. The molecule has 1 saturated heterocycles. The van der Waals surface area contributed by atoms with Gasteiger partial charge in [0.1, 0.15) is 0 Å². The van der Waals surface area contributed by atoms with Crippen molar-refractivity contribution in [1.82, 2.24) is 4.90 Å². The molecule has 1 aromatic rings. The van der Waals surface area contributed by atoms with Crippen molar-refractivity contribution in [2.45, 2.75) is 25.1 Å². The molecule has 1 amide bonds. The number of likely N-dealkylation sites (tertiary alicyclic amines) is 1. The van der Waals surface area contributed by atoms with E-state index in [0.29, 0.717) is 5.56 Å². The molecule has 2 atom stereocenters. The molecular weight excluding hydrogens is 287 g/mol. The number of carbonyl (C=O) groups is 2. The van der Waals surface area contributed by atoms with Gasteiger partial charge in [0.05, 0.1) is 17.5 Å². The van der Waals surface area contributed by atoms with Crippen molar-refractivity contribution < 1.29 is 27.9 Å². The maximum Gasteiger partial charge on any atom is 0.416 e. The average molecular weight is 301 g/mol. The van der Waals surface area contributed by atoms with Crippen LogP contribution in [0.25, 0.3) is 0 Å². The second kappa shape index (κ2) is 5.38. The maximum atomic E-state index is 12.5. The number of benzene rings is 1. The molecule has 1 heterocycles. The molecule has 0 bridgehead atoms. The number of carboxylic acids is 1. The van der Waals surface area contributed by atoms with Crippen LogP contribution in [-0.2, 0) is 15.8 Å². The third kappa shape index (κ3) is 3.01. The minimum absolute atomic E-state index is 0.130. The number of halogens is 3. The number of nitrogens with zero attached hydrogens (tertiary/aromatic N) is 1. The Morgan fingerprint density at radius 2 is 1.86 bits per heavy atom. The molecule has 4 nitrogen and oxygen atoms in total. The van der Waals surface area contributed by atoms with Gasteiger partial charge < -0.3 is 10.0 Å². The van der Waals surface area contributed by atoms with Crippen LogP contribution in [0.4, 0.5) is 13.2 Å². The van der Waals surface area contributed by atoms with Crippen LogP contribution in [0.15, 0.2) is 24.3 Å². The standard InChI is InChI=1S/C14H14F3NO3/c1-18-11(19)7-6-10(13(20)21)12(18)8-2-4-9(5-3-8)14(15,16)17/h2-5,10,12H,6-7H2,1H3,(H,20,21)/t10-,12+/m1/s1. The van der Waals surface area contributed by atoms with Gasteiger partial charge in [-0.05, 0) is 24.1 Å². The maximum absolute atomic E-state index is 12.5. The van der Waals surface area contributed by atoms with E-state index in [4.69, 9.17) is 0 Å². The third-order valence-electron chi connectivity index (χ3n) is 3.76. The predicted molar refractivity (Wildman–Crippen MR) is 67.3 cm³/mol. The molecule has 0 aliphatic carbocycles. The molecule has 1 N–H and O–H groups in total. The van der Waals surface area contributed by atoms with E-state index in [0.717, 1.165) is 12.1 Å². The van der Waals surface area contributed by atoms with E-state index in [1.54, 1.807) is 0 Å². The Labute approximate surface area is 119 Å². The fourth-order valence-electron chi connectivity index (χ4n) is 2.62. The third-order valence-corrected chi connectivity index (χ3v) is 3.76. The Kier molecular flexibility index (Phi) is 3.93. The van der Waals surface area contributed by atoms with E-state index < -0.39 is 29.7 Å². The first-order chi connectivity index (χ1) is 9.71. The van der Waals surface area contributed by atoms with Crippen LogP contribution in [0.2, 0.25) is 0 Å². The van der Waals surface area contributed by atoms with Gasteiger partial charge in [-0.25, -0.2) is 0 Å². The summed E-state index contributed by atoms with van der Waals surface area (Å²) in [5.41, 5.74) is -0.408. The second-order valence-electron chi connectivity index (χ2n) is 5.05. The van der Waals surface area contributed by atoms with Gasteiger partial charge in [-0.3, -0.25) is 9.59 Å². The zero-order valence-electron chi connectivity index (χ0n) is 11.2. The normalized spacial score (nSPS) is 23.2. The van der Waals surface area contributed by atoms with E-state index >= 15 is 0 Å². The van der Waals surface area contributed by atoms with Gasteiger partial charge in [-0.15, -0.1) is 0 Å². The highest BCUT2D eigenvalue weighted by atomic mass is 19.4. The first-order valence-electron chi connectivity index (χ1n) is 6.37. The summed E-state index contributed by atoms with van der Waals surface area (Å²) in [6.07, 6.45) is -4.13. The summed E-state index contributed by atoms with van der Waals surface area (Å²) >= 11 is 0. The Morgan fingerprint density at radius 3 is 2.33 bits per heavy atom. The molecule has 2 rings (SSSR count). The van der Waals surface area contributed by atoms with Crippen molar-refractivity contribution in [3.05, 3.63) is 35.4 Å². The first-order valence-corrected chi connectivity index (χ1v) is 6.37. The predicted octanol–water partition coefficient (Wildman–Crippen LogP) is 2.70. The Bertz CT molecular complexity index is 554. The van der Waals surface area contributed by atoms with Crippen LogP contribution >= 0.6 is 0 Å². The smallest absolute Gasteiger partial charge is 0.416 e. The highest BCUT2D eigenvalue weighted by molar-refractivity contribution is 5.81. The first kappa shape index (κ1) is 15.3. The summed E-state index contributed by atoms with van der Waals surface area (Å²) in [5, 5.41) is 9.24. The second-order valence-corrected chi connectivity index (χ2v) is 5.05. The molecule has 114 valence electrons. The molecule has 1 aliphatic rings. The number of piperidine rings is 1. The lowest BCUT2D eigenvalue weighted by Gasteiger charge is -2.37. The minimum Gasteiger partial charge on any atom is -0.481 e. The summed E-state index contributed by atoms with van der Waals surface area (Å²) in [6, 6.07) is 3.53. The number of alkyl halides is 3. The summed E-state index contributed by atoms with van der Waals surface area (Å²) in [6.45, 7) is 0. The van der Waals surface area contributed by atoms with Crippen molar-refractivity contribution in [3.63, 3.8) is 0 Å². The lowest BCUT2D eigenvalue weighted by molar-refractivity contribution is -0.151. The van der Waals surface area contributed by atoms with Crippen LogP contribution < -0.4 is 0 Å². The van der Waals surface area contributed by atoms with Gasteiger partial charge >= 0.3 is 12.1 Å². The van der Waals surface area contributed by atoms with Crippen molar-refractivity contribution in [3.8, 4) is 0 Å². The molecule has 0 spiro atoms. The molecule has 0 saturated carbocycles. The van der Waals surface area contributed by atoms with Crippen molar-refractivity contribution in [1.29, 1.82) is 0 Å². The van der Waals surface area contributed by atoms with Crippen LogP contribution in [0, 0.1) is 5.92 Å². The van der Waals surface area contributed by atoms with E-state index in [2.05, 4.69) is 0 Å². The lowest BCUT2D eigenvalue weighted by atomic mass is 9.84. The summed E-state index contributed by atoms with van der Waals surface area (Å²) in [7, 11) is 1.47. The molecule has 0 aromatic heterocycles. The van der Waals surface area contributed by atoms with Crippen LogP contribution in [-0.4, -0.2) is 28.9 Å². The summed E-state index contributed by atoms with van der Waals surface area (Å²) in [5.74, 6) is -2.08. The highest BCUT2D eigenvalue weighted by Crippen LogP contribution is 2.37. The van der Waals surface area contributed by atoms with Crippen LogP contribution in [0.1, 0.15) is 30.0 Å². The number of carboxylic acid groups (broad SMARTS) is 1. The number of aliphatic carboxylic acids is 1. The van der Waals surface area contributed by atoms with Gasteiger partial charge in [-0.2, -0.15) is 13.2 Å². The molecule has 0 unspecified atom stereocenters. The zero-order chi connectivity index (χ0) is 15.8. The van der Waals surface area contributed by atoms with Crippen LogP contribution in [0.5, 0.6) is 0 Å². The Morgan fingerprint density at radius 1 is 1.29 bits per heavy atom. The zero-order valence-corrected chi connectivity index (χ0v) is 11.2. The van der Waals surface area contributed by atoms with Gasteiger partial charge in [0, 0.05) is 13.5 Å². The van der Waals surface area contributed by atoms with Crippen molar-refractivity contribution in [2.24, 2.45) is 5.92 Å². The van der Waals surface area contributed by atoms with E-state index in [9.17, 15) is 27.9 Å². The molecule has 1 aliphatic heterocycles. The Hall–Kier alpha value is -2.05. The molecule has 0 radical (unpaired) electrons. The van der Waals surface area contributed by atoms with Gasteiger partial charge in [-0.1, -0.05) is 12.1 Å². The SMILES string of the molecule is CN1C(=O)CC[C@@H](C(=O)O)[C@@H]1c1ccc(C(F)(F)F)cc1. The van der Waals surface area contributed by atoms with Crippen molar-refractivity contribution in [2.75, 3.05) is 7.05 Å². The topological polar surface area (TPSA) is 57.6 Å². The fourth-order valence-corrected chi connectivity index (χ4v) is 2.62. The molecule has 7 heteroatoms. The van der Waals surface area contributed by atoms with Crippen molar-refractivity contribution >= 4 is 11.9 Å². The molecule has 21 heavy (non-hydrogen) atoms. The Balaban J connectivity index is 2.36. The number of hydrogen-bond donors (Lipinski definition) is 1. The number of carbonyl (C=O) groups excluding carboxylic acids is 1. The average Bonchev–Trinajstić information content (AvgIpc) is 2.40. The van der Waals surface area contributed by atoms with Gasteiger partial charge in [0.15, 0.2) is 0 Å². The molecular formula is C14H14F3NO3. The van der Waals surface area contributed by atoms with Gasteiger partial charge in [0.25, 0.3) is 0 Å². The van der Waals surface area contributed by atoms with E-state index in [-0.39, 0.29) is 18.7 Å². The monoisotopic (exact) mass is 301 g/mol. The lowest BCUT2D eigenvalue weighted by Crippen LogP contribution is -2.43. The molecule has 1 fully saturated rings. The summed E-state index contributed by atoms with van der Waals surface area (Å²) in [4.78, 5) is 24.3. The molecule has 1 aromatic carbocycles. The minimum atomic E-state index is -4.45. The van der Waals surface area contributed by atoms with E-state index in [1.165, 1.54) is 24.1 Å². The number of amides is 1.